The zero-order valence-electron chi connectivity index (χ0n) is 14.2. The van der Waals surface area contributed by atoms with E-state index in [2.05, 4.69) is 15.5 Å². The predicted molar refractivity (Wildman–Crippen MR) is 91.9 cm³/mol. The summed E-state index contributed by atoms with van der Waals surface area (Å²) in [5.41, 5.74) is 3.75. The van der Waals surface area contributed by atoms with Crippen LogP contribution in [0.25, 0.3) is 11.0 Å². The molecular formula is C18H18N4O3. The second-order valence-electron chi connectivity index (χ2n) is 6.27. The van der Waals surface area contributed by atoms with Gasteiger partial charge in [-0.1, -0.05) is 17.3 Å². The van der Waals surface area contributed by atoms with Crippen molar-refractivity contribution in [2.24, 2.45) is 0 Å². The fourth-order valence-corrected chi connectivity index (χ4v) is 3.17. The number of hydrogen-bond donors (Lipinski definition) is 1. The van der Waals surface area contributed by atoms with Crippen LogP contribution in [0, 0.1) is 0 Å². The first-order valence-electron chi connectivity index (χ1n) is 8.11. The maximum absolute atomic E-state index is 12.8. The molecule has 7 nitrogen and oxygen atoms in total. The van der Waals surface area contributed by atoms with Crippen LogP contribution in [0.2, 0.25) is 0 Å². The van der Waals surface area contributed by atoms with Gasteiger partial charge in [-0.15, -0.1) is 0 Å². The molecule has 1 aliphatic heterocycles. The minimum absolute atomic E-state index is 0.211. The lowest BCUT2D eigenvalue weighted by Gasteiger charge is -2.29. The van der Waals surface area contributed by atoms with E-state index in [1.165, 1.54) is 0 Å². The number of allylic oxidation sites excluding steroid dienone is 1. The van der Waals surface area contributed by atoms with Gasteiger partial charge in [-0.05, 0) is 32.9 Å². The lowest BCUT2D eigenvalue weighted by molar-refractivity contribution is -0.143. The van der Waals surface area contributed by atoms with Crippen molar-refractivity contribution in [1.82, 2.24) is 14.7 Å². The molecule has 2 aromatic heterocycles. The molecule has 3 heterocycles. The predicted octanol–water partition coefficient (Wildman–Crippen LogP) is 3.26. The Labute approximate surface area is 144 Å². The molecule has 1 unspecified atom stereocenters. The average Bonchev–Trinajstić information content (AvgIpc) is 3.20. The van der Waals surface area contributed by atoms with Gasteiger partial charge in [-0.3, -0.25) is 4.57 Å². The topological polar surface area (TPSA) is 82.2 Å². The number of carbonyl (C=O) groups excluding carboxylic acids is 1. The normalized spacial score (nSPS) is 16.9. The first-order chi connectivity index (χ1) is 12.1. The molecule has 0 radical (unpaired) electrons. The van der Waals surface area contributed by atoms with E-state index < -0.39 is 6.04 Å². The molecule has 0 spiro atoms. The highest BCUT2D eigenvalue weighted by atomic mass is 16.5. The maximum atomic E-state index is 12.8. The third-order valence-corrected chi connectivity index (χ3v) is 4.16. The monoisotopic (exact) mass is 338 g/mol. The Kier molecular flexibility index (Phi) is 3.56. The number of nitrogens with zero attached hydrogens (tertiary/aromatic N) is 3. The number of hydrogen-bond acceptors (Lipinski definition) is 6. The van der Waals surface area contributed by atoms with Gasteiger partial charge in [0.1, 0.15) is 12.3 Å². The van der Waals surface area contributed by atoms with Gasteiger partial charge < -0.3 is 14.6 Å². The van der Waals surface area contributed by atoms with Crippen LogP contribution >= 0.6 is 0 Å². The Morgan fingerprint density at radius 1 is 1.36 bits per heavy atom. The van der Waals surface area contributed by atoms with E-state index in [9.17, 15) is 4.79 Å². The minimum atomic E-state index is -0.416. The number of nitrogens with one attached hydrogen (secondary N) is 1. The highest BCUT2D eigenvalue weighted by Crippen LogP contribution is 2.39. The van der Waals surface area contributed by atoms with Crippen LogP contribution in [0.1, 0.15) is 32.4 Å². The van der Waals surface area contributed by atoms with Gasteiger partial charge in [0.15, 0.2) is 0 Å². The number of rotatable bonds is 3. The average molecular weight is 338 g/mol. The fraction of sp³-hybridized carbons (Fsp3) is 0.278. The standard InChI is InChI=1S/C18H18N4O3/c1-10(2)25-17(23)15-11(3)20-18-21-13-6-4-5-7-14(13)22(18)16(15)12-8-19-24-9-12/h4-10,16H,1-3H3,(H,20,21). The van der Waals surface area contributed by atoms with E-state index in [0.717, 1.165) is 16.6 Å². The van der Waals surface area contributed by atoms with Crippen LogP contribution in [0.3, 0.4) is 0 Å². The van der Waals surface area contributed by atoms with Gasteiger partial charge in [-0.25, -0.2) is 9.78 Å². The summed E-state index contributed by atoms with van der Waals surface area (Å²) in [6.07, 6.45) is 2.95. The van der Waals surface area contributed by atoms with E-state index >= 15 is 0 Å². The molecule has 1 N–H and O–H groups in total. The Bertz CT molecular complexity index is 970. The van der Waals surface area contributed by atoms with E-state index in [-0.39, 0.29) is 12.1 Å². The number of carbonyl (C=O) groups is 1. The van der Waals surface area contributed by atoms with Crippen molar-refractivity contribution < 1.29 is 14.1 Å². The Morgan fingerprint density at radius 2 is 2.16 bits per heavy atom. The van der Waals surface area contributed by atoms with Gasteiger partial charge in [-0.2, -0.15) is 0 Å². The molecule has 1 aliphatic rings. The molecule has 0 amide bonds. The van der Waals surface area contributed by atoms with Crippen LogP contribution in [-0.2, 0) is 9.53 Å². The van der Waals surface area contributed by atoms with Crippen molar-refractivity contribution >= 4 is 23.0 Å². The molecule has 25 heavy (non-hydrogen) atoms. The molecule has 128 valence electrons. The number of esters is 1. The summed E-state index contributed by atoms with van der Waals surface area (Å²) in [6.45, 7) is 5.51. The molecular weight excluding hydrogens is 320 g/mol. The third-order valence-electron chi connectivity index (χ3n) is 4.16. The molecule has 0 aliphatic carbocycles. The fourth-order valence-electron chi connectivity index (χ4n) is 3.17. The molecule has 0 bridgehead atoms. The second-order valence-corrected chi connectivity index (χ2v) is 6.27. The highest BCUT2D eigenvalue weighted by Gasteiger charge is 2.36. The van der Waals surface area contributed by atoms with Gasteiger partial charge in [0.05, 0.1) is 28.9 Å². The number of anilines is 1. The first kappa shape index (κ1) is 15.4. The lowest BCUT2D eigenvalue weighted by atomic mass is 9.97. The van der Waals surface area contributed by atoms with Crippen LogP contribution in [0.5, 0.6) is 0 Å². The number of benzene rings is 1. The number of fused-ring (bicyclic) bond motifs is 3. The van der Waals surface area contributed by atoms with Crippen molar-refractivity contribution in [3.8, 4) is 0 Å². The van der Waals surface area contributed by atoms with E-state index in [4.69, 9.17) is 9.26 Å². The highest BCUT2D eigenvalue weighted by molar-refractivity contribution is 5.94. The molecule has 4 rings (SSSR count). The van der Waals surface area contributed by atoms with Crippen LogP contribution in [0.4, 0.5) is 5.95 Å². The van der Waals surface area contributed by atoms with Crippen LogP contribution in [-0.4, -0.2) is 26.8 Å². The minimum Gasteiger partial charge on any atom is -0.459 e. The Hall–Kier alpha value is -3.09. The Morgan fingerprint density at radius 3 is 2.88 bits per heavy atom. The zero-order valence-corrected chi connectivity index (χ0v) is 14.2. The van der Waals surface area contributed by atoms with Gasteiger partial charge >= 0.3 is 5.97 Å². The molecule has 1 aromatic carbocycles. The van der Waals surface area contributed by atoms with Gasteiger partial charge in [0.2, 0.25) is 5.95 Å². The molecule has 1 atom stereocenters. The molecule has 0 saturated carbocycles. The van der Waals surface area contributed by atoms with E-state index in [1.54, 1.807) is 12.5 Å². The molecule has 0 fully saturated rings. The number of ether oxygens (including phenoxy) is 1. The van der Waals surface area contributed by atoms with E-state index in [0.29, 0.717) is 17.2 Å². The molecule has 7 heteroatoms. The number of imidazole rings is 1. The van der Waals surface area contributed by atoms with Crippen LogP contribution in [0.15, 0.2) is 52.5 Å². The summed E-state index contributed by atoms with van der Waals surface area (Å²) in [5.74, 6) is 0.306. The van der Waals surface area contributed by atoms with Crippen molar-refractivity contribution in [2.75, 3.05) is 5.32 Å². The molecule has 0 saturated heterocycles. The van der Waals surface area contributed by atoms with E-state index in [1.807, 2.05) is 49.6 Å². The SMILES string of the molecule is CC1=C(C(=O)OC(C)C)C(c2cnoc2)n2c(nc3ccccc32)N1. The number of para-hydroxylation sites is 2. The lowest BCUT2D eigenvalue weighted by Crippen LogP contribution is -2.29. The van der Waals surface area contributed by atoms with Crippen molar-refractivity contribution in [3.63, 3.8) is 0 Å². The van der Waals surface area contributed by atoms with Crippen molar-refractivity contribution in [3.05, 3.63) is 53.6 Å². The third kappa shape index (κ3) is 2.48. The molecule has 3 aromatic rings. The van der Waals surface area contributed by atoms with Crippen LogP contribution < -0.4 is 5.32 Å². The first-order valence-corrected chi connectivity index (χ1v) is 8.11. The zero-order chi connectivity index (χ0) is 17.6. The van der Waals surface area contributed by atoms with Gasteiger partial charge in [0, 0.05) is 11.3 Å². The Balaban J connectivity index is 1.94. The summed E-state index contributed by atoms with van der Waals surface area (Å²) < 4.78 is 12.5. The smallest absolute Gasteiger partial charge is 0.338 e. The number of aromatic nitrogens is 3. The summed E-state index contributed by atoms with van der Waals surface area (Å²) in [5, 5.41) is 7.04. The van der Waals surface area contributed by atoms with Crippen molar-refractivity contribution in [1.29, 1.82) is 0 Å². The largest absolute Gasteiger partial charge is 0.459 e. The summed E-state index contributed by atoms with van der Waals surface area (Å²) in [7, 11) is 0. The summed E-state index contributed by atoms with van der Waals surface area (Å²) in [6, 6.07) is 7.37. The maximum Gasteiger partial charge on any atom is 0.338 e. The van der Waals surface area contributed by atoms with Gasteiger partial charge in [0.25, 0.3) is 0 Å². The summed E-state index contributed by atoms with van der Waals surface area (Å²) >= 11 is 0. The summed E-state index contributed by atoms with van der Waals surface area (Å²) in [4.78, 5) is 17.4. The quantitative estimate of drug-likeness (QED) is 0.738. The second kappa shape index (κ2) is 5.77. The van der Waals surface area contributed by atoms with Crippen molar-refractivity contribution in [2.45, 2.75) is 32.9 Å².